The molecule has 0 aliphatic heterocycles. The summed E-state index contributed by atoms with van der Waals surface area (Å²) in [5.74, 6) is 0.294. The van der Waals surface area contributed by atoms with E-state index >= 15 is 0 Å². The van der Waals surface area contributed by atoms with Crippen LogP contribution in [0.4, 0.5) is 5.82 Å². The lowest BCUT2D eigenvalue weighted by atomic mass is 10.1. The van der Waals surface area contributed by atoms with Crippen LogP contribution >= 0.6 is 0 Å². The fraction of sp³-hybridized carbons (Fsp3) is 0.412. The Labute approximate surface area is 146 Å². The molecule has 3 aromatic heterocycles. The van der Waals surface area contributed by atoms with Crippen LogP contribution in [0.5, 0.6) is 0 Å². The van der Waals surface area contributed by atoms with Crippen molar-refractivity contribution in [3.8, 4) is 0 Å². The van der Waals surface area contributed by atoms with Crippen LogP contribution in [0.25, 0.3) is 11.0 Å². The van der Waals surface area contributed by atoms with Crippen molar-refractivity contribution >= 4 is 22.8 Å². The smallest absolute Gasteiger partial charge is 0.257 e. The average Bonchev–Trinajstić information content (AvgIpc) is 3.10. The van der Waals surface area contributed by atoms with Gasteiger partial charge in [-0.15, -0.1) is 0 Å². The molecular weight excluding hydrogens is 318 g/mol. The Bertz CT molecular complexity index is 923. The van der Waals surface area contributed by atoms with Gasteiger partial charge in [0, 0.05) is 24.8 Å². The molecule has 3 aromatic rings. The number of H-pyrrole nitrogens is 1. The zero-order valence-electron chi connectivity index (χ0n) is 15.2. The molecule has 3 heterocycles. The number of hydrogen-bond acceptors (Lipinski definition) is 5. The normalized spacial score (nSPS) is 11.4. The van der Waals surface area contributed by atoms with Gasteiger partial charge in [-0.25, -0.2) is 9.67 Å². The first-order valence-electron chi connectivity index (χ1n) is 8.24. The van der Waals surface area contributed by atoms with Crippen LogP contribution in [0.2, 0.25) is 0 Å². The van der Waals surface area contributed by atoms with E-state index in [-0.39, 0.29) is 5.91 Å². The maximum atomic E-state index is 12.8. The minimum Gasteiger partial charge on any atom is -0.305 e. The highest BCUT2D eigenvalue weighted by Gasteiger charge is 2.19. The Kier molecular flexibility index (Phi) is 4.54. The molecule has 8 heteroatoms. The van der Waals surface area contributed by atoms with Gasteiger partial charge in [0.15, 0.2) is 11.5 Å². The van der Waals surface area contributed by atoms with Crippen LogP contribution < -0.4 is 5.32 Å². The van der Waals surface area contributed by atoms with Gasteiger partial charge in [0.05, 0.1) is 22.3 Å². The summed E-state index contributed by atoms with van der Waals surface area (Å²) >= 11 is 0. The van der Waals surface area contributed by atoms with E-state index in [1.165, 1.54) is 0 Å². The highest BCUT2D eigenvalue weighted by atomic mass is 16.1. The number of carbonyl (C=O) groups is 1. The molecule has 0 radical (unpaired) electrons. The molecule has 3 rings (SSSR count). The number of aryl methyl sites for hydroxylation is 3. The van der Waals surface area contributed by atoms with Gasteiger partial charge >= 0.3 is 0 Å². The number of pyridine rings is 1. The zero-order chi connectivity index (χ0) is 18.1. The summed E-state index contributed by atoms with van der Waals surface area (Å²) in [6.45, 7) is 7.21. The summed E-state index contributed by atoms with van der Waals surface area (Å²) in [5.41, 5.74) is 3.82. The highest BCUT2D eigenvalue weighted by molar-refractivity contribution is 6.12. The fourth-order valence-electron chi connectivity index (χ4n) is 2.91. The minimum absolute atomic E-state index is 0.211. The van der Waals surface area contributed by atoms with Crippen molar-refractivity contribution in [2.45, 2.75) is 33.9 Å². The third kappa shape index (κ3) is 3.39. The van der Waals surface area contributed by atoms with Crippen molar-refractivity contribution in [3.63, 3.8) is 0 Å². The Balaban J connectivity index is 1.94. The molecule has 0 aliphatic carbocycles. The molecule has 2 N–H and O–H groups in total. The lowest BCUT2D eigenvalue weighted by Gasteiger charge is -2.06. The first kappa shape index (κ1) is 17.1. The molecule has 8 nitrogen and oxygen atoms in total. The number of nitrogens with zero attached hydrogens (tertiary/aromatic N) is 5. The number of aromatic nitrogens is 5. The van der Waals surface area contributed by atoms with Gasteiger partial charge in [0.25, 0.3) is 5.91 Å². The van der Waals surface area contributed by atoms with Gasteiger partial charge < -0.3 is 10.2 Å². The monoisotopic (exact) mass is 341 g/mol. The van der Waals surface area contributed by atoms with Crippen LogP contribution in [0, 0.1) is 13.8 Å². The predicted molar refractivity (Wildman–Crippen MR) is 96.6 cm³/mol. The molecular formula is C17H23N7O. The number of fused-ring (bicyclic) bond motifs is 1. The van der Waals surface area contributed by atoms with Gasteiger partial charge in [-0.3, -0.25) is 9.89 Å². The number of hydrogen-bond donors (Lipinski definition) is 2. The number of amides is 1. The number of nitrogens with one attached hydrogen (secondary N) is 2. The first-order valence-corrected chi connectivity index (χ1v) is 8.24. The van der Waals surface area contributed by atoms with Gasteiger partial charge in [-0.2, -0.15) is 10.2 Å². The van der Waals surface area contributed by atoms with E-state index in [0.717, 1.165) is 34.7 Å². The Hall–Kier alpha value is -2.74. The van der Waals surface area contributed by atoms with Crippen molar-refractivity contribution in [2.75, 3.05) is 19.4 Å². The van der Waals surface area contributed by atoms with Gasteiger partial charge in [0.2, 0.25) is 0 Å². The van der Waals surface area contributed by atoms with E-state index in [4.69, 9.17) is 0 Å². The Morgan fingerprint density at radius 1 is 1.32 bits per heavy atom. The first-order chi connectivity index (χ1) is 11.9. The van der Waals surface area contributed by atoms with E-state index in [9.17, 15) is 4.79 Å². The van der Waals surface area contributed by atoms with E-state index in [2.05, 4.69) is 25.6 Å². The molecule has 0 bridgehead atoms. The second-order valence-corrected chi connectivity index (χ2v) is 6.38. The van der Waals surface area contributed by atoms with Gasteiger partial charge in [-0.1, -0.05) is 0 Å². The van der Waals surface area contributed by atoms with Crippen molar-refractivity contribution in [2.24, 2.45) is 0 Å². The molecule has 0 aliphatic rings. The summed E-state index contributed by atoms with van der Waals surface area (Å²) in [6, 6.07) is 3.63. The molecule has 0 saturated heterocycles. The fourth-order valence-corrected chi connectivity index (χ4v) is 2.91. The molecule has 0 saturated carbocycles. The van der Waals surface area contributed by atoms with Crippen LogP contribution in [-0.2, 0) is 13.1 Å². The lowest BCUT2D eigenvalue weighted by Crippen LogP contribution is -2.14. The zero-order valence-corrected chi connectivity index (χ0v) is 15.2. The third-order valence-corrected chi connectivity index (χ3v) is 3.91. The van der Waals surface area contributed by atoms with E-state index < -0.39 is 0 Å². The summed E-state index contributed by atoms with van der Waals surface area (Å²) in [7, 11) is 3.95. The average molecular weight is 341 g/mol. The third-order valence-electron chi connectivity index (χ3n) is 3.91. The Morgan fingerprint density at radius 3 is 2.76 bits per heavy atom. The molecule has 0 spiro atoms. The maximum Gasteiger partial charge on any atom is 0.257 e. The van der Waals surface area contributed by atoms with Crippen molar-refractivity contribution in [3.05, 3.63) is 34.8 Å². The second-order valence-electron chi connectivity index (χ2n) is 6.38. The highest BCUT2D eigenvalue weighted by Crippen LogP contribution is 2.23. The lowest BCUT2D eigenvalue weighted by molar-refractivity contribution is 0.102. The van der Waals surface area contributed by atoms with Crippen molar-refractivity contribution in [1.82, 2.24) is 29.9 Å². The van der Waals surface area contributed by atoms with E-state index in [0.29, 0.717) is 17.9 Å². The number of aromatic amines is 1. The second kappa shape index (κ2) is 6.64. The molecule has 0 aromatic carbocycles. The Morgan fingerprint density at radius 2 is 2.08 bits per heavy atom. The molecule has 1 amide bonds. The number of anilines is 1. The minimum atomic E-state index is -0.211. The molecule has 132 valence electrons. The molecule has 0 fully saturated rings. The largest absolute Gasteiger partial charge is 0.305 e. The standard InChI is InChI=1S/C17H23N7O/c1-6-24-16-15(11(3)22-24)13(7-10(2)18-16)17(25)19-14-8-12(20-21-14)9-23(4)5/h7-8H,6,9H2,1-5H3,(H2,19,20,21,25). The van der Waals surface area contributed by atoms with Crippen LogP contribution in [0.1, 0.15) is 34.4 Å². The summed E-state index contributed by atoms with van der Waals surface area (Å²) in [6.07, 6.45) is 0. The van der Waals surface area contributed by atoms with Gasteiger partial charge in [0.1, 0.15) is 0 Å². The van der Waals surface area contributed by atoms with Crippen molar-refractivity contribution < 1.29 is 4.79 Å². The predicted octanol–water partition coefficient (Wildman–Crippen LogP) is 2.11. The van der Waals surface area contributed by atoms with Gasteiger partial charge in [-0.05, 0) is 40.9 Å². The van der Waals surface area contributed by atoms with E-state index in [1.54, 1.807) is 6.07 Å². The van der Waals surface area contributed by atoms with Crippen LogP contribution in [0.15, 0.2) is 12.1 Å². The molecule has 0 unspecified atom stereocenters. The summed E-state index contributed by atoms with van der Waals surface area (Å²) in [4.78, 5) is 19.4. The molecule has 25 heavy (non-hydrogen) atoms. The van der Waals surface area contributed by atoms with E-state index in [1.807, 2.05) is 50.5 Å². The topological polar surface area (TPSA) is 91.7 Å². The quantitative estimate of drug-likeness (QED) is 0.741. The maximum absolute atomic E-state index is 12.8. The van der Waals surface area contributed by atoms with Crippen LogP contribution in [0.3, 0.4) is 0 Å². The molecule has 0 atom stereocenters. The number of carbonyl (C=O) groups excluding carboxylic acids is 1. The van der Waals surface area contributed by atoms with Crippen molar-refractivity contribution in [1.29, 1.82) is 0 Å². The van der Waals surface area contributed by atoms with Crippen LogP contribution in [-0.4, -0.2) is 49.9 Å². The SMILES string of the molecule is CCn1nc(C)c2c(C(=O)Nc3cc(CN(C)C)[nH]n3)cc(C)nc21. The summed E-state index contributed by atoms with van der Waals surface area (Å²) < 4.78 is 1.82. The number of rotatable bonds is 5. The summed E-state index contributed by atoms with van der Waals surface area (Å²) in [5, 5.41) is 15.2.